The summed E-state index contributed by atoms with van der Waals surface area (Å²) in [6.07, 6.45) is -25.0. The third-order valence-corrected chi connectivity index (χ3v) is 7.05. The first-order chi connectivity index (χ1) is 20.9. The van der Waals surface area contributed by atoms with Gasteiger partial charge in [-0.2, -0.15) is 52.7 Å². The van der Waals surface area contributed by atoms with Crippen molar-refractivity contribution in [3.05, 3.63) is 95.1 Å². The van der Waals surface area contributed by atoms with Gasteiger partial charge in [0.15, 0.2) is 5.76 Å². The number of halogens is 12. The van der Waals surface area contributed by atoms with Gasteiger partial charge in [0, 0.05) is 21.7 Å². The largest absolute Gasteiger partial charge is 0.454 e. The van der Waals surface area contributed by atoms with Gasteiger partial charge in [-0.05, 0) is 41.1 Å². The van der Waals surface area contributed by atoms with E-state index in [9.17, 15) is 52.7 Å². The Morgan fingerprint density at radius 3 is 1.47 bits per heavy atom. The molecule has 0 bridgehead atoms. The normalized spacial score (nSPS) is 13.3. The molecule has 0 radical (unpaired) electrons. The molecule has 2 heterocycles. The molecular formula is C30H12F12N2O. The van der Waals surface area contributed by atoms with Crippen molar-refractivity contribution in [1.82, 2.24) is 10.2 Å². The van der Waals surface area contributed by atoms with Crippen molar-refractivity contribution in [3.63, 3.8) is 0 Å². The molecule has 0 aliphatic heterocycles. The number of nitrogens with zero attached hydrogens (tertiary/aromatic N) is 2. The van der Waals surface area contributed by atoms with Gasteiger partial charge in [0.2, 0.25) is 0 Å². The molecule has 4 aromatic carbocycles. The highest BCUT2D eigenvalue weighted by atomic mass is 19.4. The summed E-state index contributed by atoms with van der Waals surface area (Å²) in [6.45, 7) is 0. The third kappa shape index (κ3) is 5.19. The van der Waals surface area contributed by atoms with Gasteiger partial charge in [0.05, 0.1) is 22.3 Å². The number of hydrogen-bond acceptors (Lipinski definition) is 3. The molecule has 15 heteroatoms. The number of furan rings is 1. The Labute approximate surface area is 242 Å². The van der Waals surface area contributed by atoms with Crippen LogP contribution in [0.4, 0.5) is 52.7 Å². The van der Waals surface area contributed by atoms with E-state index in [1.54, 1.807) is 36.4 Å². The van der Waals surface area contributed by atoms with Crippen molar-refractivity contribution < 1.29 is 57.1 Å². The number of alkyl halides is 12. The van der Waals surface area contributed by atoms with Crippen molar-refractivity contribution in [3.8, 4) is 22.7 Å². The zero-order valence-electron chi connectivity index (χ0n) is 21.8. The molecule has 0 aliphatic rings. The minimum Gasteiger partial charge on any atom is -0.454 e. The molecule has 0 atom stereocenters. The molecule has 0 amide bonds. The van der Waals surface area contributed by atoms with Crippen LogP contribution in [0, 0.1) is 0 Å². The maximum atomic E-state index is 14.5. The highest BCUT2D eigenvalue weighted by Gasteiger charge is 2.54. The summed E-state index contributed by atoms with van der Waals surface area (Å²) in [4.78, 5) is 0. The molecule has 0 saturated heterocycles. The van der Waals surface area contributed by atoms with E-state index >= 15 is 0 Å². The fourth-order valence-electron chi connectivity index (χ4n) is 5.26. The molecule has 0 unspecified atom stereocenters. The summed E-state index contributed by atoms with van der Waals surface area (Å²) in [5.41, 5.74) is -15.8. The fourth-order valence-corrected chi connectivity index (χ4v) is 5.26. The molecule has 232 valence electrons. The molecule has 45 heavy (non-hydrogen) atoms. The van der Waals surface area contributed by atoms with Crippen molar-refractivity contribution in [2.45, 2.75) is 24.7 Å². The number of aromatic nitrogens is 2. The molecule has 2 aromatic heterocycles. The highest BCUT2D eigenvalue weighted by Crippen LogP contribution is 2.54. The van der Waals surface area contributed by atoms with E-state index in [1.165, 1.54) is 24.3 Å². The second-order valence-corrected chi connectivity index (χ2v) is 9.88. The van der Waals surface area contributed by atoms with Crippen LogP contribution in [0.3, 0.4) is 0 Å². The smallest absolute Gasteiger partial charge is 0.417 e. The molecule has 0 N–H and O–H groups in total. The predicted octanol–water partition coefficient (Wildman–Crippen LogP) is 10.9. The van der Waals surface area contributed by atoms with E-state index in [0.717, 1.165) is 6.07 Å². The molecule has 6 rings (SSSR count). The van der Waals surface area contributed by atoms with Crippen molar-refractivity contribution in [2.24, 2.45) is 0 Å². The number of benzene rings is 4. The Balaban J connectivity index is 1.83. The molecule has 0 aliphatic carbocycles. The number of para-hydroxylation sites is 1. The molecule has 0 spiro atoms. The summed E-state index contributed by atoms with van der Waals surface area (Å²) in [7, 11) is 0. The summed E-state index contributed by atoms with van der Waals surface area (Å²) in [5, 5.41) is 7.73. The molecule has 0 fully saturated rings. The summed E-state index contributed by atoms with van der Waals surface area (Å²) < 4.78 is 176. The van der Waals surface area contributed by atoms with Gasteiger partial charge < -0.3 is 4.42 Å². The van der Waals surface area contributed by atoms with Crippen LogP contribution in [0.15, 0.2) is 77.2 Å². The van der Waals surface area contributed by atoms with Crippen LogP contribution in [-0.4, -0.2) is 10.2 Å². The van der Waals surface area contributed by atoms with Crippen LogP contribution in [-0.2, 0) is 24.7 Å². The topological polar surface area (TPSA) is 38.9 Å². The van der Waals surface area contributed by atoms with E-state index in [0.29, 0.717) is 16.4 Å². The predicted molar refractivity (Wildman–Crippen MR) is 138 cm³/mol. The third-order valence-electron chi connectivity index (χ3n) is 7.05. The lowest BCUT2D eigenvalue weighted by atomic mass is 9.86. The van der Waals surface area contributed by atoms with Gasteiger partial charge >= 0.3 is 24.7 Å². The lowest BCUT2D eigenvalue weighted by Crippen LogP contribution is -2.27. The lowest BCUT2D eigenvalue weighted by molar-refractivity contribution is -0.175. The Morgan fingerprint density at radius 1 is 0.467 bits per heavy atom. The minimum absolute atomic E-state index is 0.0361. The average Bonchev–Trinajstić information content (AvgIpc) is 3.36. The van der Waals surface area contributed by atoms with E-state index in [2.05, 4.69) is 10.2 Å². The Kier molecular flexibility index (Phi) is 6.61. The second-order valence-electron chi connectivity index (χ2n) is 9.88. The maximum Gasteiger partial charge on any atom is 0.417 e. The van der Waals surface area contributed by atoms with E-state index in [4.69, 9.17) is 4.42 Å². The highest BCUT2D eigenvalue weighted by molar-refractivity contribution is 6.09. The van der Waals surface area contributed by atoms with Gasteiger partial charge in [-0.3, -0.25) is 0 Å². The lowest BCUT2D eigenvalue weighted by Gasteiger charge is -2.26. The van der Waals surface area contributed by atoms with Crippen LogP contribution in [0.1, 0.15) is 22.3 Å². The van der Waals surface area contributed by atoms with E-state index in [1.807, 2.05) is 0 Å². The quantitative estimate of drug-likeness (QED) is 0.139. The standard InChI is InChI=1S/C30H12F12N2O/c31-27(32,33)18-12-19(28(34,35)36)23(29(37,38)39)24(30(40,41)42)22(18)26-17-10-14-6-2-1-5-13(14)9-16(17)25(43-44-26)21-11-15-7-3-4-8-20(15)45-21/h1-12H. The summed E-state index contributed by atoms with van der Waals surface area (Å²) in [6, 6.07) is 15.3. The Hall–Kier alpha value is -4.82. The molecule has 3 nitrogen and oxygen atoms in total. The van der Waals surface area contributed by atoms with Gasteiger partial charge in [-0.15, -0.1) is 10.2 Å². The van der Waals surface area contributed by atoms with Gasteiger partial charge in [0.25, 0.3) is 0 Å². The first-order valence-electron chi connectivity index (χ1n) is 12.5. The first-order valence-corrected chi connectivity index (χ1v) is 12.5. The zero-order chi connectivity index (χ0) is 32.7. The Bertz CT molecular complexity index is 2090. The molecule has 0 saturated carbocycles. The van der Waals surface area contributed by atoms with Gasteiger partial charge in [0.1, 0.15) is 17.0 Å². The van der Waals surface area contributed by atoms with Gasteiger partial charge in [-0.1, -0.05) is 42.5 Å². The fraction of sp³-hybridized carbons (Fsp3) is 0.133. The first kappa shape index (κ1) is 30.2. The van der Waals surface area contributed by atoms with Crippen molar-refractivity contribution in [1.29, 1.82) is 0 Å². The zero-order valence-corrected chi connectivity index (χ0v) is 21.8. The minimum atomic E-state index is -6.39. The van der Waals surface area contributed by atoms with Crippen LogP contribution in [0.2, 0.25) is 0 Å². The SMILES string of the molecule is FC(F)(F)c1cc(C(F)(F)F)c(C(F)(F)F)c(C(F)(F)F)c1-c1nnc(-c2cc3ccccc3o2)c2cc3ccccc3cc12. The summed E-state index contributed by atoms with van der Waals surface area (Å²) in [5.74, 6) is -0.0361. The second kappa shape index (κ2) is 9.84. The monoisotopic (exact) mass is 644 g/mol. The van der Waals surface area contributed by atoms with Crippen LogP contribution in [0.5, 0.6) is 0 Å². The number of hydrogen-bond donors (Lipinski definition) is 0. The number of fused-ring (bicyclic) bond motifs is 3. The number of rotatable bonds is 2. The van der Waals surface area contributed by atoms with Crippen molar-refractivity contribution in [2.75, 3.05) is 0 Å². The molecular weight excluding hydrogens is 632 g/mol. The van der Waals surface area contributed by atoms with E-state index < -0.39 is 69.7 Å². The molecule has 6 aromatic rings. The van der Waals surface area contributed by atoms with Crippen LogP contribution >= 0.6 is 0 Å². The van der Waals surface area contributed by atoms with E-state index in [-0.39, 0.29) is 22.2 Å². The Morgan fingerprint density at radius 2 is 0.956 bits per heavy atom. The van der Waals surface area contributed by atoms with Crippen molar-refractivity contribution >= 4 is 32.5 Å². The van der Waals surface area contributed by atoms with Crippen LogP contribution in [0.25, 0.3) is 55.2 Å². The maximum absolute atomic E-state index is 14.5. The van der Waals surface area contributed by atoms with Gasteiger partial charge in [-0.25, -0.2) is 0 Å². The van der Waals surface area contributed by atoms with Crippen LogP contribution < -0.4 is 0 Å². The summed E-state index contributed by atoms with van der Waals surface area (Å²) >= 11 is 0. The average molecular weight is 644 g/mol.